The number of nitrogens with zero attached hydrogens (tertiary/aromatic N) is 1. The van der Waals surface area contributed by atoms with Crippen LogP contribution in [0.3, 0.4) is 0 Å². The van der Waals surface area contributed by atoms with Crippen molar-refractivity contribution >= 4 is 12.0 Å². The second kappa shape index (κ2) is 6.58. The fraction of sp³-hybridized carbons (Fsp3) is 0.833. The van der Waals surface area contributed by atoms with E-state index in [1.807, 2.05) is 0 Å². The number of urea groups is 1. The number of carboxylic acids is 1. The Morgan fingerprint density at radius 1 is 1.44 bits per heavy atom. The molecule has 1 fully saturated rings. The van der Waals surface area contributed by atoms with E-state index < -0.39 is 12.1 Å². The van der Waals surface area contributed by atoms with E-state index in [9.17, 15) is 14.7 Å². The summed E-state index contributed by atoms with van der Waals surface area (Å²) >= 11 is 0. The van der Waals surface area contributed by atoms with E-state index in [1.165, 1.54) is 4.90 Å². The van der Waals surface area contributed by atoms with Gasteiger partial charge in [0.05, 0.1) is 12.0 Å². The van der Waals surface area contributed by atoms with Gasteiger partial charge in [0.2, 0.25) is 0 Å². The topological polar surface area (TPSA) is 89.9 Å². The van der Waals surface area contributed by atoms with Crippen LogP contribution in [0.2, 0.25) is 0 Å². The Labute approximate surface area is 107 Å². The number of hydrogen-bond acceptors (Lipinski definition) is 3. The standard InChI is InChI=1S/C12H22N2O4/c1-8(15)7-14(2)12(18)13-10-5-3-4-9(6-10)11(16)17/h8-10,15H,3-7H2,1-2H3,(H,13,18)(H,16,17). The van der Waals surface area contributed by atoms with Crippen LogP contribution in [0.1, 0.15) is 32.6 Å². The van der Waals surface area contributed by atoms with Gasteiger partial charge in [-0.2, -0.15) is 0 Å². The van der Waals surface area contributed by atoms with Crippen molar-refractivity contribution in [3.8, 4) is 0 Å². The molecule has 104 valence electrons. The Hall–Kier alpha value is -1.30. The minimum Gasteiger partial charge on any atom is -0.481 e. The number of aliphatic hydroxyl groups is 1. The van der Waals surface area contributed by atoms with Crippen molar-refractivity contribution in [2.24, 2.45) is 5.92 Å². The summed E-state index contributed by atoms with van der Waals surface area (Å²) in [5.41, 5.74) is 0. The van der Waals surface area contributed by atoms with Crippen molar-refractivity contribution in [1.29, 1.82) is 0 Å². The molecule has 0 heterocycles. The molecule has 6 nitrogen and oxygen atoms in total. The fourth-order valence-electron chi connectivity index (χ4n) is 2.31. The number of amides is 2. The Balaban J connectivity index is 2.41. The third-order valence-electron chi connectivity index (χ3n) is 3.24. The molecule has 18 heavy (non-hydrogen) atoms. The van der Waals surface area contributed by atoms with Crippen LogP contribution in [-0.2, 0) is 4.79 Å². The molecular weight excluding hydrogens is 236 g/mol. The van der Waals surface area contributed by atoms with Crippen molar-refractivity contribution < 1.29 is 19.8 Å². The maximum atomic E-state index is 11.8. The normalized spacial score (nSPS) is 25.3. The van der Waals surface area contributed by atoms with Gasteiger partial charge in [-0.3, -0.25) is 4.79 Å². The van der Waals surface area contributed by atoms with Crippen LogP contribution in [0.15, 0.2) is 0 Å². The van der Waals surface area contributed by atoms with Gasteiger partial charge in [-0.15, -0.1) is 0 Å². The summed E-state index contributed by atoms with van der Waals surface area (Å²) in [5, 5.41) is 21.0. The lowest BCUT2D eigenvalue weighted by Crippen LogP contribution is -2.47. The summed E-state index contributed by atoms with van der Waals surface area (Å²) in [6.07, 6.45) is 2.24. The van der Waals surface area contributed by atoms with Crippen LogP contribution in [0, 0.1) is 5.92 Å². The Bertz CT molecular complexity index is 306. The molecule has 0 aromatic heterocycles. The predicted molar refractivity (Wildman–Crippen MR) is 66.2 cm³/mol. The fourth-order valence-corrected chi connectivity index (χ4v) is 2.31. The Morgan fingerprint density at radius 3 is 2.67 bits per heavy atom. The van der Waals surface area contributed by atoms with Gasteiger partial charge in [0, 0.05) is 19.6 Å². The monoisotopic (exact) mass is 258 g/mol. The van der Waals surface area contributed by atoms with E-state index in [-0.39, 0.29) is 24.5 Å². The summed E-state index contributed by atoms with van der Waals surface area (Å²) in [6.45, 7) is 1.88. The van der Waals surface area contributed by atoms with Gasteiger partial charge in [0.1, 0.15) is 0 Å². The first-order valence-corrected chi connectivity index (χ1v) is 6.32. The second-order valence-corrected chi connectivity index (χ2v) is 5.08. The van der Waals surface area contributed by atoms with Crippen molar-refractivity contribution in [2.75, 3.05) is 13.6 Å². The molecule has 0 spiro atoms. The number of aliphatic hydroxyl groups excluding tert-OH is 1. The first-order chi connectivity index (χ1) is 8.40. The lowest BCUT2D eigenvalue weighted by Gasteiger charge is -2.29. The predicted octanol–water partition coefficient (Wildman–Crippen LogP) is 0.652. The first-order valence-electron chi connectivity index (χ1n) is 6.32. The zero-order valence-corrected chi connectivity index (χ0v) is 10.9. The number of likely N-dealkylation sites (N-methyl/N-ethyl adjacent to an activating group) is 1. The summed E-state index contributed by atoms with van der Waals surface area (Å²) < 4.78 is 0. The van der Waals surface area contributed by atoms with Gasteiger partial charge in [-0.05, 0) is 26.2 Å². The lowest BCUT2D eigenvalue weighted by molar-refractivity contribution is -0.143. The third-order valence-corrected chi connectivity index (χ3v) is 3.24. The van der Waals surface area contributed by atoms with E-state index in [1.54, 1.807) is 14.0 Å². The molecule has 3 unspecified atom stereocenters. The molecule has 1 aliphatic carbocycles. The zero-order chi connectivity index (χ0) is 13.7. The smallest absolute Gasteiger partial charge is 0.317 e. The second-order valence-electron chi connectivity index (χ2n) is 5.08. The van der Waals surface area contributed by atoms with Crippen molar-refractivity contribution in [2.45, 2.75) is 44.8 Å². The highest BCUT2D eigenvalue weighted by Gasteiger charge is 2.28. The van der Waals surface area contributed by atoms with Gasteiger partial charge < -0.3 is 20.4 Å². The first kappa shape index (κ1) is 14.8. The maximum absolute atomic E-state index is 11.8. The highest BCUT2D eigenvalue weighted by Crippen LogP contribution is 2.24. The molecule has 0 aromatic rings. The average molecular weight is 258 g/mol. The van der Waals surface area contributed by atoms with E-state index in [0.29, 0.717) is 12.8 Å². The van der Waals surface area contributed by atoms with Gasteiger partial charge in [-0.25, -0.2) is 4.79 Å². The number of nitrogens with one attached hydrogen (secondary N) is 1. The number of carbonyl (C=O) groups excluding carboxylic acids is 1. The molecule has 1 saturated carbocycles. The Morgan fingerprint density at radius 2 is 2.11 bits per heavy atom. The highest BCUT2D eigenvalue weighted by atomic mass is 16.4. The van der Waals surface area contributed by atoms with Crippen molar-refractivity contribution in [3.63, 3.8) is 0 Å². The molecule has 0 aromatic carbocycles. The number of carboxylic acid groups (broad SMARTS) is 1. The molecule has 1 aliphatic rings. The van der Waals surface area contributed by atoms with E-state index in [4.69, 9.17) is 5.11 Å². The Kier molecular flexibility index (Phi) is 5.40. The van der Waals surface area contributed by atoms with Crippen LogP contribution in [-0.4, -0.2) is 52.9 Å². The zero-order valence-electron chi connectivity index (χ0n) is 10.9. The van der Waals surface area contributed by atoms with Gasteiger partial charge in [0.25, 0.3) is 0 Å². The molecular formula is C12H22N2O4. The number of rotatable bonds is 4. The van der Waals surface area contributed by atoms with Gasteiger partial charge >= 0.3 is 12.0 Å². The SMILES string of the molecule is CC(O)CN(C)C(=O)NC1CCCC(C(=O)O)C1. The average Bonchev–Trinajstić information content (AvgIpc) is 2.28. The third kappa shape index (κ3) is 4.52. The number of aliphatic carboxylic acids is 1. The van der Waals surface area contributed by atoms with Crippen LogP contribution >= 0.6 is 0 Å². The van der Waals surface area contributed by atoms with Crippen LogP contribution < -0.4 is 5.32 Å². The van der Waals surface area contributed by atoms with Crippen LogP contribution in [0.4, 0.5) is 4.79 Å². The summed E-state index contributed by atoms with van der Waals surface area (Å²) in [4.78, 5) is 24.1. The summed E-state index contributed by atoms with van der Waals surface area (Å²) in [5.74, 6) is -1.14. The van der Waals surface area contributed by atoms with Gasteiger partial charge in [0.15, 0.2) is 0 Å². The largest absolute Gasteiger partial charge is 0.481 e. The molecule has 2 amide bonds. The molecule has 1 rings (SSSR count). The van der Waals surface area contributed by atoms with E-state index in [0.717, 1.165) is 12.8 Å². The van der Waals surface area contributed by atoms with Crippen molar-refractivity contribution in [3.05, 3.63) is 0 Å². The molecule has 0 saturated heterocycles. The minimum absolute atomic E-state index is 0.0798. The molecule has 3 N–H and O–H groups in total. The molecule has 0 radical (unpaired) electrons. The molecule has 0 bridgehead atoms. The molecule has 6 heteroatoms. The van der Waals surface area contributed by atoms with E-state index in [2.05, 4.69) is 5.32 Å². The van der Waals surface area contributed by atoms with Crippen LogP contribution in [0.5, 0.6) is 0 Å². The maximum Gasteiger partial charge on any atom is 0.317 e. The molecule has 0 aliphatic heterocycles. The summed E-state index contributed by atoms with van der Waals surface area (Å²) in [7, 11) is 1.61. The quantitative estimate of drug-likeness (QED) is 0.690. The molecule has 3 atom stereocenters. The van der Waals surface area contributed by atoms with Crippen molar-refractivity contribution in [1.82, 2.24) is 10.2 Å². The van der Waals surface area contributed by atoms with Gasteiger partial charge in [-0.1, -0.05) is 6.42 Å². The van der Waals surface area contributed by atoms with E-state index >= 15 is 0 Å². The lowest BCUT2D eigenvalue weighted by atomic mass is 9.86. The number of carbonyl (C=O) groups is 2. The minimum atomic E-state index is -0.786. The number of hydrogen-bond donors (Lipinski definition) is 3. The highest BCUT2D eigenvalue weighted by molar-refractivity contribution is 5.74. The van der Waals surface area contributed by atoms with Crippen LogP contribution in [0.25, 0.3) is 0 Å². The summed E-state index contributed by atoms with van der Waals surface area (Å²) in [6, 6.07) is -0.337.